The zero-order chi connectivity index (χ0) is 15.5. The number of benzene rings is 2. The van der Waals surface area contributed by atoms with Gasteiger partial charge in [0.2, 0.25) is 0 Å². The molecule has 22 heavy (non-hydrogen) atoms. The van der Waals surface area contributed by atoms with Gasteiger partial charge in [-0.25, -0.2) is 0 Å². The topological polar surface area (TPSA) is 35.5 Å². The van der Waals surface area contributed by atoms with Crippen LogP contribution in [0.5, 0.6) is 5.75 Å². The Kier molecular flexibility index (Phi) is 3.79. The lowest BCUT2D eigenvalue weighted by molar-refractivity contribution is -0.103. The molecule has 0 fully saturated rings. The summed E-state index contributed by atoms with van der Waals surface area (Å²) in [7, 11) is 0. The molecule has 3 nitrogen and oxygen atoms in total. The third-order valence-corrected chi connectivity index (χ3v) is 3.49. The number of rotatable bonds is 2. The average molecular weight is 292 g/mol. The second kappa shape index (κ2) is 5.90. The number of carbonyl (C=O) groups is 1. The van der Waals surface area contributed by atoms with Crippen molar-refractivity contribution in [2.24, 2.45) is 0 Å². The minimum Gasteiger partial charge on any atom is -0.485 e. The smallest absolute Gasteiger partial charge is 0.154 e. The van der Waals surface area contributed by atoms with Crippen LogP contribution in [-0.2, 0) is 9.53 Å². The first kappa shape index (κ1) is 14.1. The molecule has 0 N–H and O–H groups in total. The van der Waals surface area contributed by atoms with E-state index in [1.165, 1.54) is 0 Å². The van der Waals surface area contributed by atoms with Gasteiger partial charge in [-0.3, -0.25) is 4.79 Å². The molecule has 0 radical (unpaired) electrons. The molecule has 1 heterocycles. The van der Waals surface area contributed by atoms with Gasteiger partial charge in [0.15, 0.2) is 6.29 Å². The molecule has 0 aliphatic carbocycles. The summed E-state index contributed by atoms with van der Waals surface area (Å²) in [5, 5.41) is 0. The molecule has 110 valence electrons. The summed E-state index contributed by atoms with van der Waals surface area (Å²) >= 11 is 0. The van der Waals surface area contributed by atoms with Crippen molar-refractivity contribution in [3.05, 3.63) is 77.6 Å². The van der Waals surface area contributed by atoms with Crippen LogP contribution in [0.25, 0.3) is 11.3 Å². The van der Waals surface area contributed by atoms with Crippen molar-refractivity contribution >= 4 is 17.6 Å². The lowest BCUT2D eigenvalue weighted by Gasteiger charge is -2.12. The molecule has 1 aliphatic rings. The Morgan fingerprint density at radius 3 is 2.59 bits per heavy atom. The molecular formula is C19H16O3. The van der Waals surface area contributed by atoms with Crippen LogP contribution in [0.1, 0.15) is 16.7 Å². The summed E-state index contributed by atoms with van der Waals surface area (Å²) in [6.45, 7) is 6.10. The van der Waals surface area contributed by atoms with Crippen molar-refractivity contribution < 1.29 is 14.3 Å². The molecule has 2 aromatic carbocycles. The van der Waals surface area contributed by atoms with E-state index in [4.69, 9.17) is 9.47 Å². The predicted molar refractivity (Wildman–Crippen MR) is 86.2 cm³/mol. The fraction of sp³-hybridized carbons (Fsp3) is 0.105. The summed E-state index contributed by atoms with van der Waals surface area (Å²) in [6, 6.07) is 15.3. The number of aldehydes is 1. The van der Waals surface area contributed by atoms with Crippen molar-refractivity contribution in [2.75, 3.05) is 6.61 Å². The molecule has 0 spiro atoms. The zero-order valence-corrected chi connectivity index (χ0v) is 12.3. The van der Waals surface area contributed by atoms with Crippen molar-refractivity contribution in [1.82, 2.24) is 0 Å². The fourth-order valence-electron chi connectivity index (χ4n) is 2.35. The van der Waals surface area contributed by atoms with E-state index in [0.717, 1.165) is 23.0 Å². The molecule has 3 heteroatoms. The number of para-hydroxylation sites is 1. The lowest BCUT2D eigenvalue weighted by Crippen LogP contribution is -1.99. The van der Waals surface area contributed by atoms with E-state index in [2.05, 4.69) is 6.58 Å². The first-order valence-corrected chi connectivity index (χ1v) is 7.03. The lowest BCUT2D eigenvalue weighted by atomic mass is 10.0. The molecular weight excluding hydrogens is 276 g/mol. The second-order valence-corrected chi connectivity index (χ2v) is 5.15. The molecule has 0 saturated heterocycles. The Morgan fingerprint density at radius 2 is 1.86 bits per heavy atom. The first-order valence-electron chi connectivity index (χ1n) is 7.03. The Hall–Kier alpha value is -2.81. The maximum absolute atomic E-state index is 11.7. The van der Waals surface area contributed by atoms with Gasteiger partial charge in [-0.15, -0.1) is 0 Å². The Bertz CT molecular complexity index is 755. The molecule has 0 amide bonds. The molecule has 0 saturated carbocycles. The SMILES string of the molecule is C=C1COc2ccccc2/C(=C(/C=O)c2ccc(C)cc2)O1. The largest absolute Gasteiger partial charge is 0.485 e. The highest BCUT2D eigenvalue weighted by molar-refractivity contribution is 6.16. The third-order valence-electron chi connectivity index (χ3n) is 3.49. The highest BCUT2D eigenvalue weighted by Gasteiger charge is 2.21. The number of aryl methyl sites for hydroxylation is 1. The number of carbonyl (C=O) groups excluding carboxylic acids is 1. The van der Waals surface area contributed by atoms with Gasteiger partial charge in [-0.2, -0.15) is 0 Å². The average Bonchev–Trinajstić information content (AvgIpc) is 2.70. The Balaban J connectivity index is 2.22. The Morgan fingerprint density at radius 1 is 1.14 bits per heavy atom. The van der Waals surface area contributed by atoms with Crippen LogP contribution in [0.4, 0.5) is 0 Å². The molecule has 1 aliphatic heterocycles. The second-order valence-electron chi connectivity index (χ2n) is 5.15. The van der Waals surface area contributed by atoms with Crippen molar-refractivity contribution in [3.63, 3.8) is 0 Å². The highest BCUT2D eigenvalue weighted by Crippen LogP contribution is 2.36. The number of fused-ring (bicyclic) bond motifs is 1. The van der Waals surface area contributed by atoms with Crippen LogP contribution in [0.3, 0.4) is 0 Å². The van der Waals surface area contributed by atoms with E-state index in [0.29, 0.717) is 22.8 Å². The standard InChI is InChI=1S/C19H16O3/c1-13-7-9-15(10-8-13)17(11-20)19-16-5-3-4-6-18(16)21-12-14(2)22-19/h3-11H,2,12H2,1H3/b19-17+. The van der Waals surface area contributed by atoms with Gasteiger partial charge in [0, 0.05) is 0 Å². The van der Waals surface area contributed by atoms with Crippen LogP contribution in [0, 0.1) is 6.92 Å². The highest BCUT2D eigenvalue weighted by atomic mass is 16.5. The molecule has 0 bridgehead atoms. The predicted octanol–water partition coefficient (Wildman–Crippen LogP) is 3.98. The van der Waals surface area contributed by atoms with E-state index in [1.54, 1.807) is 0 Å². The van der Waals surface area contributed by atoms with Crippen LogP contribution < -0.4 is 4.74 Å². The number of ether oxygens (including phenoxy) is 2. The van der Waals surface area contributed by atoms with Crippen molar-refractivity contribution in [1.29, 1.82) is 0 Å². The normalized spacial score (nSPS) is 16.0. The number of hydrogen-bond acceptors (Lipinski definition) is 3. The summed E-state index contributed by atoms with van der Waals surface area (Å²) < 4.78 is 11.5. The molecule has 3 rings (SSSR count). The third kappa shape index (κ3) is 2.66. The maximum atomic E-state index is 11.7. The number of allylic oxidation sites excluding steroid dienone is 1. The van der Waals surface area contributed by atoms with E-state index in [-0.39, 0.29) is 6.61 Å². The zero-order valence-electron chi connectivity index (χ0n) is 12.3. The molecule has 0 atom stereocenters. The van der Waals surface area contributed by atoms with Crippen LogP contribution in [0.2, 0.25) is 0 Å². The van der Waals surface area contributed by atoms with Gasteiger partial charge < -0.3 is 9.47 Å². The van der Waals surface area contributed by atoms with Gasteiger partial charge >= 0.3 is 0 Å². The summed E-state index contributed by atoms with van der Waals surface area (Å²) in [4.78, 5) is 11.7. The fourth-order valence-corrected chi connectivity index (χ4v) is 2.35. The van der Waals surface area contributed by atoms with E-state index >= 15 is 0 Å². The minimum absolute atomic E-state index is 0.264. The van der Waals surface area contributed by atoms with E-state index < -0.39 is 0 Å². The number of hydrogen-bond donors (Lipinski definition) is 0. The van der Waals surface area contributed by atoms with Gasteiger partial charge in [0.05, 0.1) is 11.1 Å². The summed E-state index contributed by atoms with van der Waals surface area (Å²) in [5.74, 6) is 1.64. The van der Waals surface area contributed by atoms with Crippen molar-refractivity contribution in [3.8, 4) is 5.75 Å². The Labute approximate surface area is 129 Å². The minimum atomic E-state index is 0.264. The first-order chi connectivity index (χ1) is 10.7. The monoisotopic (exact) mass is 292 g/mol. The van der Waals surface area contributed by atoms with Crippen molar-refractivity contribution in [2.45, 2.75) is 6.92 Å². The van der Waals surface area contributed by atoms with Gasteiger partial charge in [0.25, 0.3) is 0 Å². The van der Waals surface area contributed by atoms with Gasteiger partial charge in [-0.05, 0) is 24.6 Å². The molecule has 0 unspecified atom stereocenters. The van der Waals surface area contributed by atoms with Gasteiger partial charge in [-0.1, -0.05) is 48.5 Å². The molecule has 0 aromatic heterocycles. The van der Waals surface area contributed by atoms with E-state index in [1.807, 2.05) is 55.5 Å². The van der Waals surface area contributed by atoms with E-state index in [9.17, 15) is 4.79 Å². The van der Waals surface area contributed by atoms with Crippen LogP contribution in [0.15, 0.2) is 60.9 Å². The van der Waals surface area contributed by atoms with Gasteiger partial charge in [0.1, 0.15) is 23.9 Å². The molecule has 2 aromatic rings. The summed E-state index contributed by atoms with van der Waals surface area (Å²) in [6.07, 6.45) is 0.815. The quantitative estimate of drug-likeness (QED) is 0.620. The van der Waals surface area contributed by atoms with Crippen LogP contribution in [-0.4, -0.2) is 12.9 Å². The van der Waals surface area contributed by atoms with Crippen LogP contribution >= 0.6 is 0 Å². The summed E-state index contributed by atoms with van der Waals surface area (Å²) in [5.41, 5.74) is 3.18. The maximum Gasteiger partial charge on any atom is 0.154 e.